The van der Waals surface area contributed by atoms with E-state index in [1.807, 2.05) is 0 Å². The molecule has 0 aliphatic heterocycles. The molecule has 7 heteroatoms. The average Bonchev–Trinajstić information content (AvgIpc) is 3.06. The van der Waals surface area contributed by atoms with Crippen LogP contribution in [-0.4, -0.2) is 22.3 Å². The minimum Gasteiger partial charge on any atom is -0.281 e. The zero-order chi connectivity index (χ0) is 19.8. The molecule has 28 heavy (non-hydrogen) atoms. The van der Waals surface area contributed by atoms with E-state index in [9.17, 15) is 4.79 Å². The molecule has 1 aromatic carbocycles. The molecule has 1 heterocycles. The van der Waals surface area contributed by atoms with Gasteiger partial charge in [-0.05, 0) is 37.8 Å². The van der Waals surface area contributed by atoms with Gasteiger partial charge in [0.1, 0.15) is 0 Å². The summed E-state index contributed by atoms with van der Waals surface area (Å²) in [6, 6.07) is 5.12. The summed E-state index contributed by atoms with van der Waals surface area (Å²) in [6.45, 7) is 0. The van der Waals surface area contributed by atoms with Crippen LogP contribution in [0, 0.1) is 0 Å². The van der Waals surface area contributed by atoms with Gasteiger partial charge >= 0.3 is 0 Å². The van der Waals surface area contributed by atoms with Crippen molar-refractivity contribution in [2.24, 2.45) is 5.10 Å². The fourth-order valence-electron chi connectivity index (χ4n) is 3.55. The summed E-state index contributed by atoms with van der Waals surface area (Å²) in [7, 11) is 0. The van der Waals surface area contributed by atoms with Crippen molar-refractivity contribution in [3.05, 3.63) is 50.8 Å². The van der Waals surface area contributed by atoms with Crippen molar-refractivity contribution in [2.45, 2.75) is 64.2 Å². The van der Waals surface area contributed by atoms with Crippen molar-refractivity contribution in [2.75, 3.05) is 0 Å². The molecule has 0 unspecified atom stereocenters. The van der Waals surface area contributed by atoms with Gasteiger partial charge in [-0.15, -0.1) is 0 Å². The van der Waals surface area contributed by atoms with Crippen molar-refractivity contribution >= 4 is 35.3 Å². The standard InChI is InChI=1S/C21H26Cl2N4O/c22-16-12-11-15(18(23)13-16)14-24-27-21(28)20-17-9-7-5-3-1-2-4-6-8-10-19(17)25-26-20/h11-14H,1-10H2,(H,25,26)(H,27,28)/b24-14-. The molecule has 1 amide bonds. The Balaban J connectivity index is 1.68. The average molecular weight is 421 g/mol. The molecular weight excluding hydrogens is 395 g/mol. The Morgan fingerprint density at radius 1 is 1.04 bits per heavy atom. The van der Waals surface area contributed by atoms with Crippen LogP contribution in [0.5, 0.6) is 0 Å². The highest BCUT2D eigenvalue weighted by atomic mass is 35.5. The normalized spacial score (nSPS) is 16.2. The molecule has 2 aromatic rings. The number of aromatic nitrogens is 2. The maximum absolute atomic E-state index is 12.6. The van der Waals surface area contributed by atoms with Gasteiger partial charge in [-0.3, -0.25) is 9.89 Å². The molecule has 0 saturated heterocycles. The van der Waals surface area contributed by atoms with Gasteiger partial charge in [-0.2, -0.15) is 10.2 Å². The fourth-order valence-corrected chi connectivity index (χ4v) is 4.01. The Morgan fingerprint density at radius 2 is 1.71 bits per heavy atom. The van der Waals surface area contributed by atoms with Gasteiger partial charge in [0.05, 0.1) is 11.2 Å². The predicted octanol–water partition coefficient (Wildman–Crippen LogP) is 5.70. The van der Waals surface area contributed by atoms with Crippen molar-refractivity contribution < 1.29 is 4.79 Å². The van der Waals surface area contributed by atoms with Crippen LogP contribution in [-0.2, 0) is 12.8 Å². The number of aryl methyl sites for hydroxylation is 1. The van der Waals surface area contributed by atoms with Crippen molar-refractivity contribution in [1.29, 1.82) is 0 Å². The number of carbonyl (C=O) groups excluding carboxylic acids is 1. The molecular formula is C21H26Cl2N4O. The summed E-state index contributed by atoms with van der Waals surface area (Å²) in [4.78, 5) is 12.6. The molecule has 0 saturated carbocycles. The molecule has 0 fully saturated rings. The molecule has 1 aliphatic rings. The van der Waals surface area contributed by atoms with Crippen LogP contribution in [0.25, 0.3) is 0 Å². The van der Waals surface area contributed by atoms with E-state index in [-0.39, 0.29) is 5.91 Å². The second kappa shape index (κ2) is 10.6. The lowest BCUT2D eigenvalue weighted by atomic mass is 9.98. The minimum atomic E-state index is -0.300. The van der Waals surface area contributed by atoms with Crippen LogP contribution < -0.4 is 5.43 Å². The number of halogens is 2. The summed E-state index contributed by atoms with van der Waals surface area (Å²) in [5.41, 5.74) is 5.84. The minimum absolute atomic E-state index is 0.300. The summed E-state index contributed by atoms with van der Waals surface area (Å²) in [5.74, 6) is -0.300. The molecule has 0 spiro atoms. The van der Waals surface area contributed by atoms with E-state index in [0.29, 0.717) is 21.3 Å². The largest absolute Gasteiger partial charge is 0.292 e. The summed E-state index contributed by atoms with van der Waals surface area (Å²) < 4.78 is 0. The van der Waals surface area contributed by atoms with E-state index in [1.54, 1.807) is 18.2 Å². The molecule has 150 valence electrons. The first-order valence-electron chi connectivity index (χ1n) is 9.99. The lowest BCUT2D eigenvalue weighted by molar-refractivity contribution is 0.0949. The molecule has 5 nitrogen and oxygen atoms in total. The lowest BCUT2D eigenvalue weighted by Gasteiger charge is -2.08. The first-order chi connectivity index (χ1) is 13.6. The lowest BCUT2D eigenvalue weighted by Crippen LogP contribution is -2.20. The smallest absolute Gasteiger partial charge is 0.281 e. The van der Waals surface area contributed by atoms with Gasteiger partial charge in [0.2, 0.25) is 0 Å². The number of amides is 1. The zero-order valence-corrected chi connectivity index (χ0v) is 17.5. The van der Waals surface area contributed by atoms with Crippen molar-refractivity contribution in [3.63, 3.8) is 0 Å². The third-order valence-corrected chi connectivity index (χ3v) is 5.67. The molecule has 0 radical (unpaired) electrons. The third kappa shape index (κ3) is 5.82. The predicted molar refractivity (Wildman–Crippen MR) is 114 cm³/mol. The van der Waals surface area contributed by atoms with Gasteiger partial charge in [-0.1, -0.05) is 67.8 Å². The molecule has 1 aromatic heterocycles. The topological polar surface area (TPSA) is 70.1 Å². The first kappa shape index (κ1) is 20.9. The number of nitrogens with zero attached hydrogens (tertiary/aromatic N) is 2. The number of benzene rings is 1. The SMILES string of the molecule is O=C(N/N=C\c1ccc(Cl)cc1Cl)c1n[nH]c2c1CCCCCCCCCC2. The second-order valence-corrected chi connectivity index (χ2v) is 8.07. The van der Waals surface area contributed by atoms with Crippen molar-refractivity contribution in [1.82, 2.24) is 15.6 Å². The summed E-state index contributed by atoms with van der Waals surface area (Å²) in [6.07, 6.45) is 13.2. The van der Waals surface area contributed by atoms with Crippen LogP contribution in [0.3, 0.4) is 0 Å². The van der Waals surface area contributed by atoms with Crippen LogP contribution in [0.15, 0.2) is 23.3 Å². The van der Waals surface area contributed by atoms with Crippen LogP contribution >= 0.6 is 23.2 Å². The third-order valence-electron chi connectivity index (χ3n) is 5.10. The quantitative estimate of drug-likeness (QED) is 0.493. The summed E-state index contributed by atoms with van der Waals surface area (Å²) in [5, 5.41) is 12.4. The van der Waals surface area contributed by atoms with E-state index >= 15 is 0 Å². The Labute approximate surface area is 175 Å². The molecule has 2 N–H and O–H groups in total. The number of hydrazone groups is 1. The van der Waals surface area contributed by atoms with E-state index in [1.165, 1.54) is 44.7 Å². The molecule has 0 atom stereocenters. The van der Waals surface area contributed by atoms with E-state index in [2.05, 4.69) is 20.7 Å². The Morgan fingerprint density at radius 3 is 2.43 bits per heavy atom. The molecule has 3 rings (SSSR count). The monoisotopic (exact) mass is 420 g/mol. The highest BCUT2D eigenvalue weighted by molar-refractivity contribution is 6.36. The zero-order valence-electron chi connectivity index (χ0n) is 15.9. The first-order valence-corrected chi connectivity index (χ1v) is 10.8. The highest BCUT2D eigenvalue weighted by Gasteiger charge is 2.19. The number of hydrogen-bond donors (Lipinski definition) is 2. The Bertz CT molecular complexity index is 832. The van der Waals surface area contributed by atoms with Gasteiger partial charge in [-0.25, -0.2) is 5.43 Å². The highest BCUT2D eigenvalue weighted by Crippen LogP contribution is 2.21. The van der Waals surface area contributed by atoms with Crippen molar-refractivity contribution in [3.8, 4) is 0 Å². The molecule has 1 aliphatic carbocycles. The van der Waals surface area contributed by atoms with Gasteiger partial charge in [0.15, 0.2) is 5.69 Å². The Kier molecular flexibility index (Phi) is 7.92. The summed E-state index contributed by atoms with van der Waals surface area (Å²) >= 11 is 12.0. The van der Waals surface area contributed by atoms with Crippen LogP contribution in [0.4, 0.5) is 0 Å². The number of H-pyrrole nitrogens is 1. The van der Waals surface area contributed by atoms with Gasteiger partial charge < -0.3 is 0 Å². The Hall–Kier alpha value is -1.85. The molecule has 0 bridgehead atoms. The number of hydrogen-bond acceptors (Lipinski definition) is 3. The van der Waals surface area contributed by atoms with Crippen LogP contribution in [0.1, 0.15) is 78.7 Å². The number of rotatable bonds is 3. The fraction of sp³-hybridized carbons (Fsp3) is 0.476. The van der Waals surface area contributed by atoms with E-state index in [0.717, 1.165) is 36.9 Å². The maximum atomic E-state index is 12.6. The number of carbonyl (C=O) groups is 1. The van der Waals surface area contributed by atoms with Gasteiger partial charge in [0.25, 0.3) is 5.91 Å². The second-order valence-electron chi connectivity index (χ2n) is 7.22. The number of aromatic amines is 1. The number of nitrogens with one attached hydrogen (secondary N) is 2. The van der Waals surface area contributed by atoms with E-state index < -0.39 is 0 Å². The van der Waals surface area contributed by atoms with Gasteiger partial charge in [0, 0.05) is 21.8 Å². The van der Waals surface area contributed by atoms with Crippen LogP contribution in [0.2, 0.25) is 10.0 Å². The van der Waals surface area contributed by atoms with E-state index in [4.69, 9.17) is 23.2 Å². The number of fused-ring (bicyclic) bond motifs is 1. The maximum Gasteiger partial charge on any atom is 0.292 e.